The zero-order valence-corrected chi connectivity index (χ0v) is 13.8. The molecular weight excluding hydrogens is 364 g/mol. The second-order valence-electron chi connectivity index (χ2n) is 3.91. The van der Waals surface area contributed by atoms with Crippen molar-refractivity contribution in [2.45, 2.75) is 6.42 Å². The van der Waals surface area contributed by atoms with Crippen molar-refractivity contribution in [3.63, 3.8) is 0 Å². The third-order valence-corrected chi connectivity index (χ3v) is 4.32. The minimum Gasteiger partial charge on any atom is -0.478 e. The molecule has 0 radical (unpaired) electrons. The van der Waals surface area contributed by atoms with Crippen LogP contribution in [0, 0.1) is 0 Å². The van der Waals surface area contributed by atoms with Gasteiger partial charge in [0.25, 0.3) is 5.91 Å². The van der Waals surface area contributed by atoms with Gasteiger partial charge >= 0.3 is 5.97 Å². The highest BCUT2D eigenvalue weighted by atomic mass is 35.5. The second-order valence-corrected chi connectivity index (χ2v) is 5.43. The van der Waals surface area contributed by atoms with Crippen molar-refractivity contribution in [2.24, 2.45) is 0 Å². The van der Waals surface area contributed by atoms with Crippen LogP contribution in [0.15, 0.2) is 0 Å². The van der Waals surface area contributed by atoms with Gasteiger partial charge in [-0.15, -0.1) is 0 Å². The van der Waals surface area contributed by atoms with Crippen molar-refractivity contribution in [3.8, 4) is 0 Å². The molecule has 0 bridgehead atoms. The lowest BCUT2D eigenvalue weighted by Crippen LogP contribution is -2.27. The number of methoxy groups -OCH3 is 1. The summed E-state index contributed by atoms with van der Waals surface area (Å²) < 4.78 is 4.84. The number of carboxylic acids is 1. The zero-order valence-electron chi connectivity index (χ0n) is 10.8. The molecular formula is C12H11Cl4NO4. The fraction of sp³-hybridized carbons (Fsp3) is 0.333. The molecule has 0 saturated heterocycles. The maximum Gasteiger partial charge on any atom is 0.338 e. The number of benzene rings is 1. The van der Waals surface area contributed by atoms with E-state index in [1.807, 2.05) is 0 Å². The minimum absolute atomic E-state index is 0.171. The molecule has 1 aromatic carbocycles. The van der Waals surface area contributed by atoms with Crippen LogP contribution in [0.4, 0.5) is 0 Å². The molecule has 0 heterocycles. The second kappa shape index (κ2) is 8.06. The van der Waals surface area contributed by atoms with Crippen LogP contribution in [0.3, 0.4) is 0 Å². The molecule has 0 atom stereocenters. The Labute approximate surface area is 141 Å². The summed E-state index contributed by atoms with van der Waals surface area (Å²) in [6.45, 7) is 0.724. The van der Waals surface area contributed by atoms with Gasteiger partial charge in [-0.2, -0.15) is 0 Å². The molecule has 0 saturated carbocycles. The Morgan fingerprint density at radius 3 is 2.05 bits per heavy atom. The molecule has 1 amide bonds. The Bertz CT molecular complexity index is 577. The van der Waals surface area contributed by atoms with Crippen LogP contribution in [-0.4, -0.2) is 37.2 Å². The zero-order chi connectivity index (χ0) is 16.2. The van der Waals surface area contributed by atoms with E-state index in [4.69, 9.17) is 51.1 Å². The van der Waals surface area contributed by atoms with Crippen LogP contribution in [0.2, 0.25) is 20.1 Å². The van der Waals surface area contributed by atoms with Gasteiger partial charge in [-0.1, -0.05) is 46.4 Å². The maximum absolute atomic E-state index is 12.1. The average molecular weight is 375 g/mol. The molecule has 0 aliphatic rings. The SMILES string of the molecule is COCCCNC(=O)c1c(Cl)c(Cl)c(Cl)c(Cl)c1C(=O)O. The molecule has 9 heteroatoms. The van der Waals surface area contributed by atoms with Crippen molar-refractivity contribution >= 4 is 58.3 Å². The molecule has 1 rings (SSSR count). The molecule has 21 heavy (non-hydrogen) atoms. The summed E-state index contributed by atoms with van der Waals surface area (Å²) in [7, 11) is 1.53. The Morgan fingerprint density at radius 2 is 1.57 bits per heavy atom. The first kappa shape index (κ1) is 18.3. The van der Waals surface area contributed by atoms with E-state index >= 15 is 0 Å². The standard InChI is InChI=1S/C12H11Cl4NO4/c1-21-4-2-3-17-11(18)5-6(12(19)20)8(14)10(16)9(15)7(5)13/h2-4H2,1H3,(H,17,18)(H,19,20). The van der Waals surface area contributed by atoms with Crippen LogP contribution in [0.1, 0.15) is 27.1 Å². The van der Waals surface area contributed by atoms with Gasteiger partial charge in [-0.3, -0.25) is 4.79 Å². The van der Waals surface area contributed by atoms with Crippen LogP contribution >= 0.6 is 46.4 Å². The molecule has 0 spiro atoms. The van der Waals surface area contributed by atoms with Crippen LogP contribution in [-0.2, 0) is 4.74 Å². The molecule has 1 aromatic rings. The maximum atomic E-state index is 12.1. The molecule has 0 aromatic heterocycles. The lowest BCUT2D eigenvalue weighted by Gasteiger charge is -2.13. The first-order valence-electron chi connectivity index (χ1n) is 5.69. The number of aromatic carboxylic acids is 1. The van der Waals surface area contributed by atoms with Crippen LogP contribution in [0.25, 0.3) is 0 Å². The molecule has 2 N–H and O–H groups in total. The minimum atomic E-state index is -1.43. The first-order chi connectivity index (χ1) is 9.82. The molecule has 0 fully saturated rings. The number of carbonyl (C=O) groups excluding carboxylic acids is 1. The largest absolute Gasteiger partial charge is 0.478 e. The number of carbonyl (C=O) groups is 2. The summed E-state index contributed by atoms with van der Waals surface area (Å²) in [5, 5.41) is 10.7. The van der Waals surface area contributed by atoms with E-state index in [1.54, 1.807) is 0 Å². The van der Waals surface area contributed by atoms with E-state index in [2.05, 4.69) is 5.32 Å². The van der Waals surface area contributed by atoms with Gasteiger partial charge in [0.1, 0.15) is 0 Å². The summed E-state index contributed by atoms with van der Waals surface area (Å²) in [6.07, 6.45) is 0.553. The van der Waals surface area contributed by atoms with Gasteiger partial charge in [0.15, 0.2) is 0 Å². The third-order valence-electron chi connectivity index (χ3n) is 2.52. The summed E-state index contributed by atoms with van der Waals surface area (Å²) in [6, 6.07) is 0. The van der Waals surface area contributed by atoms with E-state index in [0.717, 1.165) is 0 Å². The fourth-order valence-electron chi connectivity index (χ4n) is 1.55. The van der Waals surface area contributed by atoms with E-state index in [-0.39, 0.29) is 32.2 Å². The van der Waals surface area contributed by atoms with Gasteiger partial charge in [-0.25, -0.2) is 4.79 Å². The molecule has 0 aliphatic carbocycles. The van der Waals surface area contributed by atoms with E-state index in [9.17, 15) is 14.7 Å². The van der Waals surface area contributed by atoms with Gasteiger partial charge in [0.2, 0.25) is 0 Å². The smallest absolute Gasteiger partial charge is 0.338 e. The van der Waals surface area contributed by atoms with Crippen molar-refractivity contribution < 1.29 is 19.4 Å². The number of halogens is 4. The van der Waals surface area contributed by atoms with E-state index in [0.29, 0.717) is 13.0 Å². The van der Waals surface area contributed by atoms with Crippen LogP contribution in [0.5, 0.6) is 0 Å². The van der Waals surface area contributed by atoms with Crippen molar-refractivity contribution in [2.75, 3.05) is 20.3 Å². The Balaban J connectivity index is 3.21. The van der Waals surface area contributed by atoms with Gasteiger partial charge in [0.05, 0.1) is 31.2 Å². The number of carboxylic acid groups (broad SMARTS) is 1. The molecule has 0 unspecified atom stereocenters. The molecule has 0 aliphatic heterocycles. The highest BCUT2D eigenvalue weighted by Crippen LogP contribution is 2.41. The molecule has 5 nitrogen and oxygen atoms in total. The number of rotatable bonds is 6. The number of amides is 1. The third kappa shape index (κ3) is 4.14. The van der Waals surface area contributed by atoms with Crippen molar-refractivity contribution in [3.05, 3.63) is 31.2 Å². The Kier molecular flexibility index (Phi) is 7.03. The van der Waals surface area contributed by atoms with E-state index in [1.165, 1.54) is 7.11 Å². The van der Waals surface area contributed by atoms with Gasteiger partial charge < -0.3 is 15.2 Å². The molecule has 116 valence electrons. The van der Waals surface area contributed by atoms with Crippen molar-refractivity contribution in [1.29, 1.82) is 0 Å². The number of nitrogens with one attached hydrogen (secondary N) is 1. The lowest BCUT2D eigenvalue weighted by atomic mass is 10.1. The fourth-order valence-corrected chi connectivity index (χ4v) is 2.57. The first-order valence-corrected chi connectivity index (χ1v) is 7.20. The normalized spacial score (nSPS) is 10.5. The van der Waals surface area contributed by atoms with Crippen LogP contribution < -0.4 is 5.32 Å². The van der Waals surface area contributed by atoms with E-state index < -0.39 is 17.4 Å². The van der Waals surface area contributed by atoms with Gasteiger partial charge in [0, 0.05) is 20.3 Å². The Hall–Kier alpha value is -0.720. The van der Waals surface area contributed by atoms with Gasteiger partial charge in [-0.05, 0) is 6.42 Å². The summed E-state index contributed by atoms with van der Waals surface area (Å²) >= 11 is 23.4. The predicted octanol–water partition coefficient (Wildman–Crippen LogP) is 3.76. The topological polar surface area (TPSA) is 75.6 Å². The highest BCUT2D eigenvalue weighted by molar-refractivity contribution is 6.54. The monoisotopic (exact) mass is 373 g/mol. The predicted molar refractivity (Wildman–Crippen MR) is 82.3 cm³/mol. The lowest BCUT2D eigenvalue weighted by molar-refractivity contribution is 0.0691. The quantitative estimate of drug-likeness (QED) is 0.451. The number of ether oxygens (including phenoxy) is 1. The summed E-state index contributed by atoms with van der Waals surface area (Å²) in [5.74, 6) is -2.13. The number of hydrogen-bond acceptors (Lipinski definition) is 3. The van der Waals surface area contributed by atoms with Crippen molar-refractivity contribution in [1.82, 2.24) is 5.32 Å². The Morgan fingerprint density at radius 1 is 1.05 bits per heavy atom. The summed E-state index contributed by atoms with van der Waals surface area (Å²) in [4.78, 5) is 23.4. The summed E-state index contributed by atoms with van der Waals surface area (Å²) in [5.41, 5.74) is -0.804. The average Bonchev–Trinajstić information content (AvgIpc) is 2.44. The number of hydrogen-bond donors (Lipinski definition) is 2. The highest BCUT2D eigenvalue weighted by Gasteiger charge is 2.28.